The minimum Gasteiger partial charge on any atom is -0.507 e. The van der Waals surface area contributed by atoms with E-state index < -0.39 is 17.5 Å². The third-order valence-corrected chi connectivity index (χ3v) is 3.95. The quantitative estimate of drug-likeness (QED) is 0.326. The Kier molecular flexibility index (Phi) is 10.1. The van der Waals surface area contributed by atoms with E-state index in [4.69, 9.17) is 4.74 Å². The van der Waals surface area contributed by atoms with Crippen LogP contribution < -0.4 is 4.74 Å². The monoisotopic (exact) mass is 358 g/mol. The predicted molar refractivity (Wildman–Crippen MR) is 95.0 cm³/mol. The molecule has 0 aliphatic carbocycles. The summed E-state index contributed by atoms with van der Waals surface area (Å²) in [6.07, 6.45) is 10.2. The molecular weight excluding hydrogens is 329 g/mol. The minimum atomic E-state index is -4.55. The molecule has 1 aromatic rings. The Bertz CT molecular complexity index is 510. The van der Waals surface area contributed by atoms with E-state index in [-0.39, 0.29) is 5.75 Å². The summed E-state index contributed by atoms with van der Waals surface area (Å²) < 4.78 is 43.0. The molecule has 5 heteroatoms. The summed E-state index contributed by atoms with van der Waals surface area (Å²) in [6, 6.07) is 3.11. The maximum absolute atomic E-state index is 12.5. The third-order valence-electron chi connectivity index (χ3n) is 3.95. The van der Waals surface area contributed by atoms with Gasteiger partial charge >= 0.3 is 6.18 Å². The summed E-state index contributed by atoms with van der Waals surface area (Å²) in [6.45, 7) is 2.64. The van der Waals surface area contributed by atoms with Crippen LogP contribution in [0.3, 0.4) is 0 Å². The van der Waals surface area contributed by atoms with Crippen LogP contribution in [0.15, 0.2) is 30.4 Å². The number of phenolic OH excluding ortho intramolecular Hbond substituents is 1. The molecule has 0 amide bonds. The van der Waals surface area contributed by atoms with Crippen molar-refractivity contribution in [2.24, 2.45) is 0 Å². The molecule has 0 aliphatic rings. The van der Waals surface area contributed by atoms with Crippen molar-refractivity contribution in [2.45, 2.75) is 70.9 Å². The normalized spacial score (nSPS) is 12.0. The van der Waals surface area contributed by atoms with Crippen molar-refractivity contribution < 1.29 is 23.0 Å². The van der Waals surface area contributed by atoms with E-state index in [2.05, 4.69) is 19.1 Å². The smallest absolute Gasteiger partial charge is 0.419 e. The van der Waals surface area contributed by atoms with Gasteiger partial charge in [0.15, 0.2) is 0 Å². The molecule has 0 bridgehead atoms. The van der Waals surface area contributed by atoms with Crippen molar-refractivity contribution in [3.63, 3.8) is 0 Å². The Balaban J connectivity index is 2.08. The van der Waals surface area contributed by atoms with Crippen molar-refractivity contribution >= 4 is 0 Å². The van der Waals surface area contributed by atoms with E-state index in [1.165, 1.54) is 38.2 Å². The van der Waals surface area contributed by atoms with E-state index >= 15 is 0 Å². The van der Waals surface area contributed by atoms with Gasteiger partial charge in [0.2, 0.25) is 0 Å². The Labute approximate surface area is 148 Å². The molecule has 0 heterocycles. The van der Waals surface area contributed by atoms with Gasteiger partial charge in [0, 0.05) is 6.07 Å². The number of rotatable bonds is 12. The number of unbranched alkanes of at least 4 members (excludes halogenated alkanes) is 7. The zero-order chi connectivity index (χ0) is 18.5. The summed E-state index contributed by atoms with van der Waals surface area (Å²) in [5.74, 6) is -0.528. The van der Waals surface area contributed by atoms with Crippen LogP contribution in [0.1, 0.15) is 70.3 Å². The number of hydrogen-bond donors (Lipinski definition) is 1. The number of ether oxygens (including phenoxy) is 1. The van der Waals surface area contributed by atoms with Crippen LogP contribution in [0, 0.1) is 0 Å². The first-order valence-electron chi connectivity index (χ1n) is 9.13. The van der Waals surface area contributed by atoms with Gasteiger partial charge < -0.3 is 9.84 Å². The predicted octanol–water partition coefficient (Wildman–Crippen LogP) is 6.88. The van der Waals surface area contributed by atoms with E-state index in [9.17, 15) is 18.3 Å². The van der Waals surface area contributed by atoms with Gasteiger partial charge in [-0.3, -0.25) is 0 Å². The Morgan fingerprint density at radius 2 is 1.60 bits per heavy atom. The molecule has 0 atom stereocenters. The highest BCUT2D eigenvalue weighted by molar-refractivity contribution is 5.41. The average Bonchev–Trinajstić information content (AvgIpc) is 2.54. The van der Waals surface area contributed by atoms with Crippen LogP contribution in [0.4, 0.5) is 13.2 Å². The van der Waals surface area contributed by atoms with Crippen LogP contribution in [0.25, 0.3) is 0 Å². The number of alkyl halides is 3. The van der Waals surface area contributed by atoms with Gasteiger partial charge in [-0.05, 0) is 37.8 Å². The molecule has 0 aromatic heterocycles. The molecule has 0 fully saturated rings. The maximum Gasteiger partial charge on any atom is 0.419 e. The molecule has 0 saturated heterocycles. The lowest BCUT2D eigenvalue weighted by molar-refractivity contribution is -0.138. The lowest BCUT2D eigenvalue weighted by Crippen LogP contribution is -2.05. The topological polar surface area (TPSA) is 29.5 Å². The minimum absolute atomic E-state index is 0.266. The molecule has 1 aromatic carbocycles. The summed E-state index contributed by atoms with van der Waals surface area (Å²) in [5.41, 5.74) is -1.04. The molecule has 0 aliphatic heterocycles. The Morgan fingerprint density at radius 3 is 2.24 bits per heavy atom. The molecule has 0 radical (unpaired) electrons. The second-order valence-corrected chi connectivity index (χ2v) is 6.20. The van der Waals surface area contributed by atoms with Crippen molar-refractivity contribution in [1.82, 2.24) is 0 Å². The van der Waals surface area contributed by atoms with E-state index in [0.717, 1.165) is 37.8 Å². The fourth-order valence-electron chi connectivity index (χ4n) is 2.48. The number of halogens is 3. The lowest BCUT2D eigenvalue weighted by atomic mass is 10.1. The zero-order valence-corrected chi connectivity index (χ0v) is 14.9. The highest BCUT2D eigenvalue weighted by atomic mass is 19.4. The van der Waals surface area contributed by atoms with E-state index in [1.54, 1.807) is 0 Å². The van der Waals surface area contributed by atoms with Crippen LogP contribution in [0.5, 0.6) is 11.5 Å². The standard InChI is InChI=1S/C20H29F3O2/c1-2-3-4-5-6-7-8-9-10-11-12-15-25-17-13-14-18(19(24)16-17)20(21,22)23/h5-6,13-14,16,24H,2-4,7-12,15H2,1H3/b6-5+. The third kappa shape index (κ3) is 9.42. The van der Waals surface area contributed by atoms with Gasteiger partial charge in [0.05, 0.1) is 12.2 Å². The first kappa shape index (κ1) is 21.4. The number of benzene rings is 1. The second-order valence-electron chi connectivity index (χ2n) is 6.20. The molecular formula is C20H29F3O2. The second kappa shape index (κ2) is 11.8. The molecule has 142 valence electrons. The lowest BCUT2D eigenvalue weighted by Gasteiger charge is -2.11. The Hall–Kier alpha value is -1.65. The van der Waals surface area contributed by atoms with E-state index in [0.29, 0.717) is 6.61 Å². The number of phenols is 1. The fraction of sp³-hybridized carbons (Fsp3) is 0.600. The van der Waals surface area contributed by atoms with E-state index in [1.807, 2.05) is 0 Å². The number of aromatic hydroxyl groups is 1. The summed E-state index contributed by atoms with van der Waals surface area (Å²) in [7, 11) is 0. The van der Waals surface area contributed by atoms with Gasteiger partial charge in [-0.15, -0.1) is 0 Å². The van der Waals surface area contributed by atoms with Gasteiger partial charge in [0.25, 0.3) is 0 Å². The summed E-state index contributed by atoms with van der Waals surface area (Å²) >= 11 is 0. The maximum atomic E-state index is 12.5. The molecule has 0 unspecified atom stereocenters. The van der Waals surface area contributed by atoms with Crippen molar-refractivity contribution in [3.05, 3.63) is 35.9 Å². The molecule has 1 N–H and O–H groups in total. The largest absolute Gasteiger partial charge is 0.507 e. The van der Waals surface area contributed by atoms with Crippen molar-refractivity contribution in [3.8, 4) is 11.5 Å². The molecule has 25 heavy (non-hydrogen) atoms. The van der Waals surface area contributed by atoms with Crippen molar-refractivity contribution in [2.75, 3.05) is 6.61 Å². The number of hydrogen-bond acceptors (Lipinski definition) is 2. The van der Waals surface area contributed by atoms with Crippen LogP contribution in [-0.2, 0) is 6.18 Å². The molecule has 1 rings (SSSR count). The average molecular weight is 358 g/mol. The number of allylic oxidation sites excluding steroid dienone is 2. The Morgan fingerprint density at radius 1 is 0.960 bits per heavy atom. The van der Waals surface area contributed by atoms with Crippen LogP contribution >= 0.6 is 0 Å². The fourth-order valence-corrected chi connectivity index (χ4v) is 2.48. The van der Waals surface area contributed by atoms with Crippen LogP contribution in [0.2, 0.25) is 0 Å². The van der Waals surface area contributed by atoms with Gasteiger partial charge in [-0.1, -0.05) is 51.2 Å². The molecule has 0 saturated carbocycles. The van der Waals surface area contributed by atoms with Gasteiger partial charge in [-0.25, -0.2) is 0 Å². The first-order valence-corrected chi connectivity index (χ1v) is 9.13. The molecule has 0 spiro atoms. The van der Waals surface area contributed by atoms with Crippen molar-refractivity contribution in [1.29, 1.82) is 0 Å². The van der Waals surface area contributed by atoms with Gasteiger partial charge in [-0.2, -0.15) is 13.2 Å². The highest BCUT2D eigenvalue weighted by Crippen LogP contribution is 2.37. The molecule has 2 nitrogen and oxygen atoms in total. The first-order chi connectivity index (χ1) is 11.9. The van der Waals surface area contributed by atoms with Crippen LogP contribution in [-0.4, -0.2) is 11.7 Å². The highest BCUT2D eigenvalue weighted by Gasteiger charge is 2.33. The zero-order valence-electron chi connectivity index (χ0n) is 14.9. The summed E-state index contributed by atoms with van der Waals surface area (Å²) in [5, 5.41) is 9.41. The van der Waals surface area contributed by atoms with Gasteiger partial charge in [0.1, 0.15) is 11.5 Å². The summed E-state index contributed by atoms with van der Waals surface area (Å²) in [4.78, 5) is 0. The SMILES string of the molecule is CCCC/C=C/CCCCCCCOc1ccc(C(F)(F)F)c(O)c1.